The molecule has 10 aromatic rings. The van der Waals surface area contributed by atoms with Gasteiger partial charge in [-0.1, -0.05) is 119 Å². The number of nitrogens with zero attached hydrogens (tertiary/aromatic N) is 6. The van der Waals surface area contributed by atoms with Crippen molar-refractivity contribution in [3.63, 3.8) is 0 Å². The van der Waals surface area contributed by atoms with Gasteiger partial charge >= 0.3 is 52.9 Å². The van der Waals surface area contributed by atoms with Crippen LogP contribution in [0.3, 0.4) is 0 Å². The molecule has 30 nitrogen and oxygen atoms in total. The maximum atomic E-state index is 13.0. The average Bonchev–Trinajstić information content (AvgIpc) is 1.56. The van der Waals surface area contributed by atoms with E-state index in [4.69, 9.17) is 73.0 Å². The molecule has 656 valence electrons. The van der Waals surface area contributed by atoms with Crippen molar-refractivity contribution >= 4 is 185 Å². The Bertz CT molecular complexity index is 5330. The number of carbonyl (C=O) groups is 7. The fourth-order valence-corrected chi connectivity index (χ4v) is 14.2. The van der Waals surface area contributed by atoms with Crippen LogP contribution in [0.15, 0.2) is 169 Å². The molecular formula is C82H105BrCl2IN9O21S4. The number of fused-ring (bicyclic) bond motifs is 3. The second-order valence-corrected chi connectivity index (χ2v) is 37.0. The molecule has 0 fully saturated rings. The van der Waals surface area contributed by atoms with Crippen molar-refractivity contribution < 1.29 is 67.1 Å². The van der Waals surface area contributed by atoms with E-state index >= 15 is 0 Å². The molecule has 6 N–H and O–H groups in total. The van der Waals surface area contributed by atoms with E-state index in [1.807, 2.05) is 60.7 Å². The fraction of sp³-hybridized carbons (Fsp3) is 0.427. The average molecular weight is 1960 g/mol. The Morgan fingerprint density at radius 3 is 1.27 bits per heavy atom. The third-order valence-corrected chi connectivity index (χ3v) is 18.7. The summed E-state index contributed by atoms with van der Waals surface area (Å²) in [6, 6.07) is 36.8. The molecule has 0 saturated carbocycles. The standard InChI is InChI=1S/C20H21BrN2O4S.C20H22N2O4S.C12H14N2O4S.C8H9I.C7H9NO2S.C6H11NO3.C6H13NO2.C2H4O2.CH2Cl2/c1-20(2,3)27-16(24)12-23-17(25)14-11-15(21)28-18(14)22(19(23)26)10-9-13-7-5-4-6-8-13;1-20(2,3)26-16(23)13-22-17(24)15-10-12-27-18(15)21(19(22)25)11-9-14-7-5-4-6-8-14;1-12(2,3)18-8(15)6-14-10(16)7-4-5-19-9(7)13-11(14)17;9-7-6-8-4-2-1-3-5-8;1-2-10-7(9)5-3-4-11-6(5)8;1-6(2,3)10-5(8)4-7-9;1-6(2,3)9-5(8)4-7;1-2(3)4;2-1-3/h4-8,11H,9-10,12H2,1-3H3;4-8,10,12H,9,11,13H2,1-3H3;4-5H,6H2,1-3H3,(H,13,17);1-5H,6-7H2;3-4H,2,8H2,1H3;4H2,1-3H3;4,7H2,1-3H3;1H3,(H,3,4);1H2. The molecule has 7 heterocycles. The van der Waals surface area contributed by atoms with E-state index in [1.54, 1.807) is 160 Å². The van der Waals surface area contributed by atoms with Gasteiger partial charge in [-0.3, -0.25) is 52.5 Å². The van der Waals surface area contributed by atoms with Crippen LogP contribution in [0, 0.1) is 4.91 Å². The maximum absolute atomic E-state index is 13.0. The van der Waals surface area contributed by atoms with Crippen LogP contribution in [-0.4, -0.2) is 132 Å². The van der Waals surface area contributed by atoms with Crippen LogP contribution in [0.2, 0.25) is 0 Å². The number of benzene rings is 3. The van der Waals surface area contributed by atoms with E-state index in [0.29, 0.717) is 73.8 Å². The largest absolute Gasteiger partial charge is 0.481 e. The Balaban J connectivity index is 0.000000490. The Morgan fingerprint density at radius 2 is 0.883 bits per heavy atom. The monoisotopic (exact) mass is 1960 g/mol. The topological polar surface area (TPSA) is 419 Å². The van der Waals surface area contributed by atoms with Gasteiger partial charge in [0.1, 0.15) is 67.1 Å². The Kier molecular flexibility index (Phi) is 46.4. The lowest BCUT2D eigenvalue weighted by Crippen LogP contribution is -2.42. The SMILES string of the molecule is CC(=O)O.CC(C)(C)OC(=O)CN.CC(C)(C)OC(=O)CN=O.CC(C)(C)OC(=O)Cn1c(=O)[nH]c2sccc2c1=O.CC(C)(C)OC(=O)Cn1c(=O)c2cc(Br)sc2n(CCc2ccccc2)c1=O.CC(C)(C)OC(=O)Cn1c(=O)c2ccsc2n(CCc2ccccc2)c1=O.CCOC(=O)c1ccsc1N.ClCCl.ICCc1ccccc1. The molecule has 38 heteroatoms. The molecule has 0 saturated heterocycles. The number of aromatic amines is 1. The normalized spacial score (nSPS) is 10.9. The van der Waals surface area contributed by atoms with Gasteiger partial charge in [-0.15, -0.1) is 68.5 Å². The number of hydrogen-bond acceptors (Lipinski definition) is 27. The molecule has 0 amide bonds. The molecule has 0 unspecified atom stereocenters. The summed E-state index contributed by atoms with van der Waals surface area (Å²) in [5, 5.41) is 17.0. The van der Waals surface area contributed by atoms with Crippen LogP contribution >= 0.6 is 107 Å². The number of H-pyrrole nitrogens is 1. The van der Waals surface area contributed by atoms with Crippen LogP contribution in [-0.2, 0) is 109 Å². The van der Waals surface area contributed by atoms with Gasteiger partial charge in [0, 0.05) is 24.4 Å². The van der Waals surface area contributed by atoms with Crippen molar-refractivity contribution in [3.05, 3.63) is 225 Å². The van der Waals surface area contributed by atoms with Gasteiger partial charge in [0.05, 0.1) is 44.0 Å². The third kappa shape index (κ3) is 41.3. The smallest absolute Gasteiger partial charge is 0.341 e. The summed E-state index contributed by atoms with van der Waals surface area (Å²) < 4.78 is 37.8. The second-order valence-electron chi connectivity index (χ2n) is 29.9. The molecule has 3 aromatic carbocycles. The lowest BCUT2D eigenvalue weighted by Gasteiger charge is -2.20. The van der Waals surface area contributed by atoms with Crippen LogP contribution in [0.4, 0.5) is 5.00 Å². The van der Waals surface area contributed by atoms with E-state index in [9.17, 15) is 62.4 Å². The molecule has 0 radical (unpaired) electrons. The molecule has 0 aliphatic carbocycles. The minimum absolute atomic E-state index is 0.0444. The molecule has 0 atom stereocenters. The number of ether oxygens (including phenoxy) is 6. The van der Waals surface area contributed by atoms with Crippen LogP contribution < -0.4 is 45.2 Å². The number of halogens is 4. The number of nitroso groups, excluding NO2 is 1. The first-order chi connectivity index (χ1) is 55.9. The number of aryl methyl sites for hydroxylation is 5. The lowest BCUT2D eigenvalue weighted by atomic mass is 10.1. The lowest BCUT2D eigenvalue weighted by molar-refractivity contribution is -0.156. The molecule has 0 bridgehead atoms. The summed E-state index contributed by atoms with van der Waals surface area (Å²) in [6.07, 6.45) is 2.48. The quantitative estimate of drug-likeness (QED) is 0.0192. The zero-order valence-corrected chi connectivity index (χ0v) is 78.5. The number of carbonyl (C=O) groups excluding carboxylic acids is 6. The number of carboxylic acids is 1. The van der Waals surface area contributed by atoms with Gasteiger partial charge in [-0.2, -0.15) is 4.91 Å². The van der Waals surface area contributed by atoms with Crippen LogP contribution in [0.25, 0.3) is 30.6 Å². The van der Waals surface area contributed by atoms with Crippen LogP contribution in [0.1, 0.15) is 145 Å². The van der Waals surface area contributed by atoms with Gasteiger partial charge in [-0.25, -0.2) is 37.7 Å². The van der Waals surface area contributed by atoms with E-state index in [2.05, 4.69) is 79.0 Å². The van der Waals surface area contributed by atoms with E-state index in [1.165, 1.54) is 61.8 Å². The van der Waals surface area contributed by atoms with Crippen molar-refractivity contribution in [2.24, 2.45) is 10.9 Å². The minimum atomic E-state index is -0.833. The Labute approximate surface area is 742 Å². The van der Waals surface area contributed by atoms with Gasteiger partial charge in [0.15, 0.2) is 6.54 Å². The number of anilines is 1. The number of nitrogens with one attached hydrogen (secondary N) is 1. The number of rotatable bonds is 19. The number of carboxylic acid groups (broad SMARTS) is 1. The first-order valence-corrected chi connectivity index (χ1v) is 43.7. The van der Waals surface area contributed by atoms with Crippen molar-refractivity contribution in [2.45, 2.75) is 198 Å². The number of aliphatic carboxylic acids is 1. The first-order valence-electron chi connectivity index (χ1n) is 36.9. The number of nitrogens with two attached hydrogens (primary N) is 2. The van der Waals surface area contributed by atoms with E-state index in [-0.39, 0.29) is 23.8 Å². The van der Waals surface area contributed by atoms with Crippen molar-refractivity contribution in [1.82, 2.24) is 27.8 Å². The summed E-state index contributed by atoms with van der Waals surface area (Å²) >= 11 is 20.6. The maximum Gasteiger partial charge on any atom is 0.341 e. The predicted octanol–water partition coefficient (Wildman–Crippen LogP) is 14.5. The first kappa shape index (κ1) is 107. The predicted molar refractivity (Wildman–Crippen MR) is 488 cm³/mol. The molecule has 0 spiro atoms. The summed E-state index contributed by atoms with van der Waals surface area (Å²) in [5.74, 6) is -3.95. The summed E-state index contributed by atoms with van der Waals surface area (Å²) in [7, 11) is 0. The Morgan fingerprint density at radius 1 is 0.517 bits per heavy atom. The zero-order chi connectivity index (χ0) is 91.1. The van der Waals surface area contributed by atoms with E-state index in [0.717, 1.165) is 35.5 Å². The fourth-order valence-electron chi connectivity index (χ4n) is 9.64. The minimum Gasteiger partial charge on any atom is -0.481 e. The third-order valence-electron chi connectivity index (χ3n) is 14.0. The number of thiophene rings is 4. The summed E-state index contributed by atoms with van der Waals surface area (Å²) in [4.78, 5) is 166. The molecular weight excluding hydrogens is 1850 g/mol. The van der Waals surface area contributed by atoms with Gasteiger partial charge < -0.3 is 45.0 Å². The molecule has 0 aliphatic heterocycles. The highest BCUT2D eigenvalue weighted by atomic mass is 127. The van der Waals surface area contributed by atoms with Crippen LogP contribution in [0.5, 0.6) is 0 Å². The summed E-state index contributed by atoms with van der Waals surface area (Å²) in [6.45, 7) is 28.6. The van der Waals surface area contributed by atoms with Crippen molar-refractivity contribution in [1.29, 1.82) is 0 Å². The summed E-state index contributed by atoms with van der Waals surface area (Å²) in [5.41, 5.74) is 8.60. The number of nitrogen functional groups attached to an aromatic ring is 1. The van der Waals surface area contributed by atoms with Gasteiger partial charge in [-0.05, 0) is 203 Å². The number of aromatic nitrogens is 6. The van der Waals surface area contributed by atoms with Crippen molar-refractivity contribution in [2.75, 3.05) is 35.2 Å². The number of esters is 6. The second kappa shape index (κ2) is 52.1. The van der Waals surface area contributed by atoms with Crippen molar-refractivity contribution in [3.8, 4) is 0 Å². The highest BCUT2D eigenvalue weighted by Crippen LogP contribution is 2.28. The molecule has 0 aliphatic rings. The molecule has 7 aromatic heterocycles. The van der Waals surface area contributed by atoms with E-state index < -0.39 is 118 Å². The highest BCUT2D eigenvalue weighted by molar-refractivity contribution is 14.1. The number of alkyl halides is 3. The zero-order valence-electron chi connectivity index (χ0n) is 70.0. The molecule has 120 heavy (non-hydrogen) atoms. The molecule has 10 rings (SSSR count). The Hall–Kier alpha value is -9.28. The van der Waals surface area contributed by atoms with Gasteiger partial charge in [0.2, 0.25) is 0 Å². The highest BCUT2D eigenvalue weighted by Gasteiger charge is 2.25. The number of hydrogen-bond donors (Lipinski definition) is 4. The van der Waals surface area contributed by atoms with Gasteiger partial charge in [0.25, 0.3) is 22.6 Å².